The molecule has 0 aromatic heterocycles. The quantitative estimate of drug-likeness (QED) is 0.0256. The van der Waals surface area contributed by atoms with Crippen molar-refractivity contribution in [1.82, 2.24) is 0 Å². The predicted molar refractivity (Wildman–Crippen MR) is 515 cm³/mol. The van der Waals surface area contributed by atoms with Crippen molar-refractivity contribution >= 4 is 114 Å². The Kier molecular flexibility index (Phi) is 27.3. The molecule has 0 N–H and O–H groups in total. The van der Waals surface area contributed by atoms with Crippen LogP contribution in [0.1, 0.15) is 0 Å². The predicted octanol–water partition coefficient (Wildman–Crippen LogP) is 13.6. The van der Waals surface area contributed by atoms with Crippen LogP contribution in [0, 0.1) is 0 Å². The van der Waals surface area contributed by atoms with Crippen LogP contribution in [0.5, 0.6) is 51.7 Å². The summed E-state index contributed by atoms with van der Waals surface area (Å²) in [5, 5.41) is 13.4. The van der Waals surface area contributed by atoms with Crippen LogP contribution in [0.25, 0.3) is 21.5 Å². The van der Waals surface area contributed by atoms with Crippen molar-refractivity contribution in [3.63, 3.8) is 0 Å². The van der Waals surface area contributed by atoms with Gasteiger partial charge in [-0.15, -0.1) is 0 Å². The molecule has 26 heteroatoms. The zero-order valence-electron chi connectivity index (χ0n) is 72.9. The second-order valence-corrected chi connectivity index (χ2v) is 44.7. The monoisotopic (exact) mass is 1860 g/mol. The molecule has 0 spiro atoms. The van der Waals surface area contributed by atoms with Crippen molar-refractivity contribution < 1.29 is 104 Å². The van der Waals surface area contributed by atoms with Gasteiger partial charge < -0.3 is 104 Å². The van der Waals surface area contributed by atoms with E-state index in [-0.39, 0.29) is 54.9 Å². The fraction of sp³-hybridized carbons (Fsp3) is 0.252. The number of epoxide rings is 9. The van der Waals surface area contributed by atoms with Gasteiger partial charge in [0.05, 0.1) is 59.5 Å². The van der Waals surface area contributed by atoms with Crippen molar-refractivity contribution in [1.29, 1.82) is 0 Å². The second-order valence-electron chi connectivity index (χ2n) is 33.6. The molecule has 680 valence electrons. The molecule has 0 radical (unpaired) electrons. The van der Waals surface area contributed by atoms with Crippen LogP contribution < -0.4 is 106 Å². The average molecular weight is 1860 g/mol. The number of hydrogen-bond donors (Lipinski definition) is 0. The molecule has 9 aliphatic rings. The van der Waals surface area contributed by atoms with Gasteiger partial charge in [-0.1, -0.05) is 109 Å². The van der Waals surface area contributed by atoms with Gasteiger partial charge in [0.25, 0.3) is 0 Å². The number of hydrogen-bond acceptors (Lipinski definition) is 22. The third-order valence-corrected chi connectivity index (χ3v) is 36.0. The maximum Gasteiger partial charge on any atom is 0.171 e. The Labute approximate surface area is 771 Å². The highest BCUT2D eigenvalue weighted by Gasteiger charge is 2.38. The molecular weight excluding hydrogens is 1760 g/mol. The Balaban J connectivity index is 0.000000110. The molecule has 133 heavy (non-hydrogen) atoms. The molecule has 0 amide bonds. The molecule has 14 aromatic rings. The van der Waals surface area contributed by atoms with Gasteiger partial charge in [0, 0.05) is 63.7 Å². The van der Waals surface area contributed by atoms with E-state index in [2.05, 4.69) is 24.3 Å². The van der Waals surface area contributed by atoms with E-state index < -0.39 is 28.6 Å². The maximum absolute atomic E-state index is 15.1. The zero-order chi connectivity index (χ0) is 90.0. The summed E-state index contributed by atoms with van der Waals surface area (Å²) in [7, 11) is -12.5. The van der Waals surface area contributed by atoms with E-state index in [1.165, 1.54) is 0 Å². The summed E-state index contributed by atoms with van der Waals surface area (Å²) in [6.45, 7) is 11.6. The zero-order valence-corrected chi connectivity index (χ0v) is 76.5. The third kappa shape index (κ3) is 22.9. The number of rotatable bonds is 39. The Morgan fingerprint density at radius 2 is 0.368 bits per heavy atom. The molecule has 14 aromatic carbocycles. The third-order valence-electron chi connectivity index (χ3n) is 23.7. The van der Waals surface area contributed by atoms with Crippen LogP contribution in [0.3, 0.4) is 0 Å². The number of fused-ring (bicyclic) bond motifs is 2. The van der Waals surface area contributed by atoms with E-state index in [1.54, 1.807) is 0 Å². The largest absolute Gasteiger partial charge is 0.491 e. The first-order valence-corrected chi connectivity index (χ1v) is 51.7. The van der Waals surface area contributed by atoms with Gasteiger partial charge >= 0.3 is 0 Å². The molecule has 9 aliphatic heterocycles. The van der Waals surface area contributed by atoms with Gasteiger partial charge in [0.2, 0.25) is 0 Å². The van der Waals surface area contributed by atoms with E-state index in [0.717, 1.165) is 196 Å². The molecule has 0 aliphatic carbocycles. The highest BCUT2D eigenvalue weighted by Crippen LogP contribution is 2.49. The van der Waals surface area contributed by atoms with Crippen LogP contribution in [0.2, 0.25) is 0 Å². The molecule has 9 unspecified atom stereocenters. The van der Waals surface area contributed by atoms with E-state index in [4.69, 9.17) is 85.3 Å². The van der Waals surface area contributed by atoms with Gasteiger partial charge in [-0.25, -0.2) is 0 Å². The lowest BCUT2D eigenvalue weighted by Gasteiger charge is -2.22. The lowest BCUT2D eigenvalue weighted by Crippen LogP contribution is -2.25. The van der Waals surface area contributed by atoms with Gasteiger partial charge in [-0.05, 0) is 246 Å². The Hall–Kier alpha value is -11.6. The van der Waals surface area contributed by atoms with Crippen LogP contribution in [0.15, 0.2) is 334 Å². The molecule has 22 nitrogen and oxygen atoms in total. The fourth-order valence-electron chi connectivity index (χ4n) is 15.2. The molecule has 9 fully saturated rings. The minimum atomic E-state index is -3.17. The summed E-state index contributed by atoms with van der Waals surface area (Å²) in [5.41, 5.74) is 0. The van der Waals surface area contributed by atoms with E-state index in [1.807, 2.05) is 309 Å². The minimum Gasteiger partial charge on any atom is -0.491 e. The molecule has 9 heterocycles. The first-order chi connectivity index (χ1) is 65.3. The molecular formula is C107H100O22P4. The van der Waals surface area contributed by atoms with E-state index >= 15 is 4.57 Å². The van der Waals surface area contributed by atoms with Gasteiger partial charge in [0.15, 0.2) is 28.6 Å². The summed E-state index contributed by atoms with van der Waals surface area (Å²) in [6.07, 6.45) is 1.70. The molecule has 23 rings (SSSR count). The lowest BCUT2D eigenvalue weighted by molar-refractivity contribution is 0.263. The topological polar surface area (TPSA) is 264 Å². The fourth-order valence-corrected chi connectivity index (χ4v) is 25.9. The number of benzene rings is 14. The summed E-state index contributed by atoms with van der Waals surface area (Å²) >= 11 is 0. The normalized spacial score (nSPS) is 21.5. The van der Waals surface area contributed by atoms with Crippen LogP contribution in [-0.2, 0) is 60.9 Å². The molecule has 0 saturated carbocycles. The molecule has 9 saturated heterocycles. The Bertz CT molecular complexity index is 6110. The maximum atomic E-state index is 15.1. The summed E-state index contributed by atoms with van der Waals surface area (Å²) in [4.78, 5) is 0. The van der Waals surface area contributed by atoms with E-state index in [9.17, 15) is 13.7 Å². The average Bonchev–Trinajstić information content (AvgIpc) is 0.763. The highest BCUT2D eigenvalue weighted by molar-refractivity contribution is 7.86. The van der Waals surface area contributed by atoms with Crippen molar-refractivity contribution in [2.24, 2.45) is 0 Å². The van der Waals surface area contributed by atoms with Gasteiger partial charge in [0.1, 0.15) is 166 Å². The smallest absolute Gasteiger partial charge is 0.171 e. The Morgan fingerprint density at radius 1 is 0.180 bits per heavy atom. The second kappa shape index (κ2) is 40.7. The summed E-state index contributed by atoms with van der Waals surface area (Å²) in [5.74, 6) is 6.67. The van der Waals surface area contributed by atoms with E-state index in [0.29, 0.717) is 59.5 Å². The molecule has 0 bridgehead atoms. The van der Waals surface area contributed by atoms with Gasteiger partial charge in [-0.2, -0.15) is 0 Å². The van der Waals surface area contributed by atoms with Crippen molar-refractivity contribution in [2.45, 2.75) is 54.9 Å². The first kappa shape index (κ1) is 89.2. The van der Waals surface area contributed by atoms with Crippen molar-refractivity contribution in [3.8, 4) is 51.7 Å². The number of ether oxygens (including phenoxy) is 18. The first-order valence-electron chi connectivity index (χ1n) is 44.9. The SMILES string of the molecule is O=P(c1ccc(OCC2CO2)cc1)(c1ccc(OCC2CO2)cc1)c1ccc(OCC2CO2)cc1.O=P(c1ccc(OCC2CO2)cc1)(c1ccc(OCC2CO2)cc1)c1ccc2ccccc2c1.O=P(c1ccc(OCC2CO2)cc1)(c1ccc(OCC2CO2)cc1)c1cccc2ccccc12.O=P(c1ccccc1)(c1ccc(OCC2CO2)cc1)c1ccc(OCC2CO2)cc1. The van der Waals surface area contributed by atoms with Crippen molar-refractivity contribution in [2.75, 3.05) is 119 Å². The van der Waals surface area contributed by atoms with Gasteiger partial charge in [-0.3, -0.25) is 0 Å². The van der Waals surface area contributed by atoms with Crippen LogP contribution in [-0.4, -0.2) is 174 Å². The van der Waals surface area contributed by atoms with Crippen molar-refractivity contribution in [3.05, 3.63) is 334 Å². The van der Waals surface area contributed by atoms with Crippen LogP contribution >= 0.6 is 28.6 Å². The summed E-state index contributed by atoms with van der Waals surface area (Å²) in [6, 6.07) is 106. The standard InChI is InChI=1S/2C28H25O5P.C27H27O7P.C24H23O5P/c29-34(28-7-3-5-20-4-1-2-6-27(20)28,25-12-8-21(9-13-25)30-16-23-18-32-23)26-14-10-22(11-15-26)31-17-24-19-33-24;29-34(28-10-5-20-3-1-2-4-21(20)15-28,26-11-6-22(7-12-26)30-16-24-18-32-24)27-13-8-23(9-14-27)31-17-25-19-33-25;28-35(25-7-1-19(2-8-25)29-13-22-16-32-22,26-9-3-20(4-10-26)30-14-23-17-33-23)27-11-5-21(6-12-27)31-15-24-18-34-24;25-30(22-4-2-1-3-5-22,23-10-6-18(7-11-23)26-14-20-16-28-20)24-12-8-19(9-13-24)27-15-21-17-29-21/h1-15,23-24H,16-19H2;1-15,24-25H,16-19H2;1-12,22-24H,13-18H2;1-13,20-21H,14-17H2. The Morgan fingerprint density at radius 3 is 0.617 bits per heavy atom. The summed E-state index contributed by atoms with van der Waals surface area (Å²) < 4.78 is 158. The van der Waals surface area contributed by atoms with Crippen LogP contribution in [0.4, 0.5) is 0 Å². The minimum absolute atomic E-state index is 0.181. The lowest BCUT2D eigenvalue weighted by atomic mass is 10.1. The molecule has 9 atom stereocenters. The highest BCUT2D eigenvalue weighted by atomic mass is 31.2.